The maximum Gasteiger partial charge on any atom is 0.143 e. The molecule has 21 heavy (non-hydrogen) atoms. The number of hydrogen-bond acceptors (Lipinski definition) is 3. The minimum Gasteiger partial charge on any atom is -0.495 e. The summed E-state index contributed by atoms with van der Waals surface area (Å²) in [5, 5.41) is 12.7. The third kappa shape index (κ3) is 3.76. The topological polar surface area (TPSA) is 45.0 Å². The summed E-state index contributed by atoms with van der Waals surface area (Å²) in [5.41, 5.74) is 2.68. The Balaban J connectivity index is 2.21. The van der Waals surface area contributed by atoms with Gasteiger partial charge in [-0.1, -0.05) is 43.3 Å². The van der Waals surface area contributed by atoms with E-state index in [1.807, 2.05) is 30.3 Å². The summed E-state index contributed by atoms with van der Waals surface area (Å²) in [6.45, 7) is 2.14. The molecule has 1 unspecified atom stereocenters. The van der Waals surface area contributed by atoms with Gasteiger partial charge in [-0.15, -0.1) is 0 Å². The first-order valence-electron chi connectivity index (χ1n) is 7.16. The van der Waals surface area contributed by atoms with E-state index in [0.717, 1.165) is 18.5 Å². The zero-order valence-electron chi connectivity index (χ0n) is 12.5. The van der Waals surface area contributed by atoms with Crippen LogP contribution in [0.25, 0.3) is 0 Å². The Morgan fingerprint density at radius 3 is 2.52 bits per heavy atom. The molecule has 1 atom stereocenters. The highest BCUT2D eigenvalue weighted by Gasteiger charge is 2.14. The van der Waals surface area contributed by atoms with E-state index in [9.17, 15) is 5.26 Å². The molecule has 0 saturated carbocycles. The molecule has 0 heterocycles. The fourth-order valence-corrected chi connectivity index (χ4v) is 2.34. The number of ether oxygens (including phenoxy) is 1. The SMILES string of the molecule is CCC(Cc1ccccc1)Nc1c(C#N)cccc1OC. The minimum absolute atomic E-state index is 0.260. The van der Waals surface area contributed by atoms with E-state index >= 15 is 0 Å². The first kappa shape index (κ1) is 14.9. The van der Waals surface area contributed by atoms with Crippen LogP contribution in [-0.4, -0.2) is 13.2 Å². The first-order valence-corrected chi connectivity index (χ1v) is 7.16. The average Bonchev–Trinajstić information content (AvgIpc) is 2.55. The molecule has 0 aliphatic rings. The van der Waals surface area contributed by atoms with Gasteiger partial charge in [-0.2, -0.15) is 5.26 Å². The van der Waals surface area contributed by atoms with E-state index in [4.69, 9.17) is 4.74 Å². The van der Waals surface area contributed by atoms with Crippen LogP contribution in [0.3, 0.4) is 0 Å². The molecule has 0 saturated heterocycles. The van der Waals surface area contributed by atoms with Crippen LogP contribution in [0.4, 0.5) is 5.69 Å². The van der Waals surface area contributed by atoms with Crippen LogP contribution < -0.4 is 10.1 Å². The summed E-state index contributed by atoms with van der Waals surface area (Å²) >= 11 is 0. The molecule has 0 aromatic heterocycles. The third-order valence-corrected chi connectivity index (χ3v) is 3.53. The van der Waals surface area contributed by atoms with Gasteiger partial charge in [0.2, 0.25) is 0 Å². The largest absolute Gasteiger partial charge is 0.495 e. The molecular formula is C18H20N2O. The zero-order valence-corrected chi connectivity index (χ0v) is 12.5. The summed E-state index contributed by atoms with van der Waals surface area (Å²) in [5.74, 6) is 0.709. The quantitative estimate of drug-likeness (QED) is 0.870. The molecule has 1 N–H and O–H groups in total. The standard InChI is InChI=1S/C18H20N2O/c1-3-16(12-14-8-5-4-6-9-14)20-18-15(13-19)10-7-11-17(18)21-2/h4-11,16,20H,3,12H2,1-2H3. The highest BCUT2D eigenvalue weighted by atomic mass is 16.5. The Morgan fingerprint density at radius 2 is 1.90 bits per heavy atom. The van der Waals surface area contributed by atoms with Crippen molar-refractivity contribution in [2.45, 2.75) is 25.8 Å². The second kappa shape index (κ2) is 7.35. The first-order chi connectivity index (χ1) is 10.3. The highest BCUT2D eigenvalue weighted by Crippen LogP contribution is 2.29. The molecular weight excluding hydrogens is 260 g/mol. The predicted octanol–water partition coefficient (Wildman–Crippen LogP) is 4.00. The van der Waals surface area contributed by atoms with E-state index in [1.54, 1.807) is 13.2 Å². The Hall–Kier alpha value is -2.47. The fourth-order valence-electron chi connectivity index (χ4n) is 2.34. The van der Waals surface area contributed by atoms with Crippen LogP contribution >= 0.6 is 0 Å². The number of nitrogens with one attached hydrogen (secondary N) is 1. The third-order valence-electron chi connectivity index (χ3n) is 3.53. The molecule has 2 aromatic rings. The van der Waals surface area contributed by atoms with E-state index in [1.165, 1.54) is 5.56 Å². The zero-order chi connectivity index (χ0) is 15.1. The van der Waals surface area contributed by atoms with Gasteiger partial charge >= 0.3 is 0 Å². The molecule has 3 heteroatoms. The van der Waals surface area contributed by atoms with Gasteiger partial charge in [0.1, 0.15) is 11.8 Å². The molecule has 0 fully saturated rings. The molecule has 2 aromatic carbocycles. The predicted molar refractivity (Wildman–Crippen MR) is 85.6 cm³/mol. The average molecular weight is 280 g/mol. The molecule has 0 amide bonds. The van der Waals surface area contributed by atoms with Crippen LogP contribution in [0.15, 0.2) is 48.5 Å². The van der Waals surface area contributed by atoms with Gasteiger partial charge in [0.25, 0.3) is 0 Å². The summed E-state index contributed by atoms with van der Waals surface area (Å²) in [6, 6.07) is 18.4. The second-order valence-corrected chi connectivity index (χ2v) is 4.93. The minimum atomic E-state index is 0.260. The number of nitriles is 1. The van der Waals surface area contributed by atoms with Gasteiger partial charge in [-0.3, -0.25) is 0 Å². The van der Waals surface area contributed by atoms with Crippen molar-refractivity contribution in [2.75, 3.05) is 12.4 Å². The summed E-state index contributed by atoms with van der Waals surface area (Å²) < 4.78 is 5.37. The molecule has 108 valence electrons. The maximum atomic E-state index is 9.27. The van der Waals surface area contributed by atoms with Gasteiger partial charge in [0.05, 0.1) is 18.4 Å². The molecule has 3 nitrogen and oxygen atoms in total. The fraction of sp³-hybridized carbons (Fsp3) is 0.278. The van der Waals surface area contributed by atoms with E-state index in [-0.39, 0.29) is 6.04 Å². The lowest BCUT2D eigenvalue weighted by atomic mass is 10.0. The molecule has 0 aliphatic carbocycles. The van der Waals surface area contributed by atoms with Gasteiger partial charge in [0, 0.05) is 6.04 Å². The van der Waals surface area contributed by atoms with Crippen LogP contribution in [0, 0.1) is 11.3 Å². The normalized spacial score (nSPS) is 11.5. The second-order valence-electron chi connectivity index (χ2n) is 4.93. The Morgan fingerprint density at radius 1 is 1.14 bits per heavy atom. The van der Waals surface area contributed by atoms with Gasteiger partial charge in [0.15, 0.2) is 0 Å². The molecule has 0 bridgehead atoms. The van der Waals surface area contributed by atoms with Crippen molar-refractivity contribution in [1.82, 2.24) is 0 Å². The van der Waals surface area contributed by atoms with E-state index in [2.05, 4.69) is 30.4 Å². The van der Waals surface area contributed by atoms with Crippen molar-refractivity contribution >= 4 is 5.69 Å². The van der Waals surface area contributed by atoms with Crippen molar-refractivity contribution in [3.05, 3.63) is 59.7 Å². The molecule has 0 aliphatic heterocycles. The summed E-state index contributed by atoms with van der Waals surface area (Å²) in [4.78, 5) is 0. The Labute approximate surface area is 126 Å². The van der Waals surface area contributed by atoms with Crippen LogP contribution in [0.2, 0.25) is 0 Å². The summed E-state index contributed by atoms with van der Waals surface area (Å²) in [6.07, 6.45) is 1.89. The highest BCUT2D eigenvalue weighted by molar-refractivity contribution is 5.66. The van der Waals surface area contributed by atoms with Crippen molar-refractivity contribution < 1.29 is 4.74 Å². The number of benzene rings is 2. The van der Waals surface area contributed by atoms with Gasteiger partial charge < -0.3 is 10.1 Å². The summed E-state index contributed by atoms with van der Waals surface area (Å²) in [7, 11) is 1.62. The lowest BCUT2D eigenvalue weighted by Crippen LogP contribution is -2.22. The van der Waals surface area contributed by atoms with Crippen LogP contribution in [-0.2, 0) is 6.42 Å². The molecule has 0 spiro atoms. The smallest absolute Gasteiger partial charge is 0.143 e. The monoisotopic (exact) mass is 280 g/mol. The van der Waals surface area contributed by atoms with Crippen molar-refractivity contribution in [3.8, 4) is 11.8 Å². The molecule has 0 radical (unpaired) electrons. The van der Waals surface area contributed by atoms with Crippen molar-refractivity contribution in [2.24, 2.45) is 0 Å². The van der Waals surface area contributed by atoms with Gasteiger partial charge in [-0.05, 0) is 30.5 Å². The van der Waals surface area contributed by atoms with Crippen molar-refractivity contribution in [1.29, 1.82) is 5.26 Å². The number of rotatable bonds is 6. The Kier molecular flexibility index (Phi) is 5.22. The maximum absolute atomic E-state index is 9.27. The number of nitrogens with zero attached hydrogens (tertiary/aromatic N) is 1. The lowest BCUT2D eigenvalue weighted by molar-refractivity contribution is 0.415. The van der Waals surface area contributed by atoms with Crippen LogP contribution in [0.5, 0.6) is 5.75 Å². The number of anilines is 1. The lowest BCUT2D eigenvalue weighted by Gasteiger charge is -2.21. The number of para-hydroxylation sites is 1. The number of methoxy groups -OCH3 is 1. The molecule has 2 rings (SSSR count). The van der Waals surface area contributed by atoms with E-state index < -0.39 is 0 Å². The van der Waals surface area contributed by atoms with Crippen molar-refractivity contribution in [3.63, 3.8) is 0 Å². The van der Waals surface area contributed by atoms with Crippen LogP contribution in [0.1, 0.15) is 24.5 Å². The Bertz CT molecular complexity index is 617. The number of hydrogen-bond donors (Lipinski definition) is 1. The van der Waals surface area contributed by atoms with Gasteiger partial charge in [-0.25, -0.2) is 0 Å². The van der Waals surface area contributed by atoms with E-state index in [0.29, 0.717) is 11.3 Å².